The van der Waals surface area contributed by atoms with Gasteiger partial charge in [-0.05, 0) is 118 Å². The van der Waals surface area contributed by atoms with E-state index in [0.717, 1.165) is 50.7 Å². The summed E-state index contributed by atoms with van der Waals surface area (Å²) >= 11 is 0. The average molecular weight is 723 g/mol. The Balaban J connectivity index is 1.09. The summed E-state index contributed by atoms with van der Waals surface area (Å²) in [5.41, 5.74) is 23.9. The lowest BCUT2D eigenvalue weighted by atomic mass is 9.82. The van der Waals surface area contributed by atoms with Gasteiger partial charge >= 0.3 is 0 Å². The van der Waals surface area contributed by atoms with Gasteiger partial charge in [0.25, 0.3) is 0 Å². The van der Waals surface area contributed by atoms with Crippen molar-refractivity contribution in [3.63, 3.8) is 0 Å². The molecule has 0 fully saturated rings. The monoisotopic (exact) mass is 722 g/mol. The van der Waals surface area contributed by atoms with E-state index in [4.69, 9.17) is 5.73 Å². The van der Waals surface area contributed by atoms with E-state index >= 15 is 0 Å². The van der Waals surface area contributed by atoms with Gasteiger partial charge in [-0.15, -0.1) is 0 Å². The number of aromatic nitrogens is 1. The molecule has 0 atom stereocenters. The first-order valence-corrected chi connectivity index (χ1v) is 19.4. The lowest BCUT2D eigenvalue weighted by Crippen LogP contribution is -2.16. The van der Waals surface area contributed by atoms with E-state index in [1.54, 1.807) is 0 Å². The lowest BCUT2D eigenvalue weighted by Gasteiger charge is -2.28. The Morgan fingerprint density at radius 2 is 1.12 bits per heavy atom. The number of benzene rings is 8. The molecule has 8 aromatic carbocycles. The molecule has 0 aliphatic heterocycles. The van der Waals surface area contributed by atoms with Crippen molar-refractivity contribution in [3.8, 4) is 27.9 Å². The number of para-hydroxylation sites is 2. The molecule has 0 radical (unpaired) electrons. The molecule has 56 heavy (non-hydrogen) atoms. The Morgan fingerprint density at radius 1 is 0.518 bits per heavy atom. The maximum absolute atomic E-state index is 6.41. The van der Waals surface area contributed by atoms with Crippen LogP contribution in [0.25, 0.3) is 49.7 Å². The van der Waals surface area contributed by atoms with Gasteiger partial charge in [-0.1, -0.05) is 123 Å². The van der Waals surface area contributed by atoms with E-state index in [1.165, 1.54) is 44.2 Å². The first-order chi connectivity index (χ1) is 27.5. The fourth-order valence-electron chi connectivity index (χ4n) is 8.76. The zero-order chi connectivity index (χ0) is 37.8. The third-order valence-corrected chi connectivity index (χ3v) is 11.6. The van der Waals surface area contributed by atoms with Crippen LogP contribution in [0.3, 0.4) is 0 Å². The summed E-state index contributed by atoms with van der Waals surface area (Å²) in [6, 6.07) is 67.8. The quantitative estimate of drug-likeness (QED) is 0.164. The molecule has 4 nitrogen and oxygen atoms in total. The smallest absolute Gasteiger partial charge is 0.0545 e. The number of fused-ring (bicyclic) bond motifs is 6. The van der Waals surface area contributed by atoms with Crippen LogP contribution in [-0.2, 0) is 12.0 Å². The summed E-state index contributed by atoms with van der Waals surface area (Å²) < 4.78 is 2.37. The zero-order valence-electron chi connectivity index (χ0n) is 31.6. The molecule has 10 rings (SSSR count). The molecule has 1 heterocycles. The molecule has 4 heteroatoms. The number of anilines is 5. The third-order valence-electron chi connectivity index (χ3n) is 11.6. The third kappa shape index (κ3) is 5.57. The lowest BCUT2D eigenvalue weighted by molar-refractivity contribution is 0.660. The topological polar surface area (TPSA) is 46.2 Å². The number of hydrogen-bond donors (Lipinski definition) is 2. The van der Waals surface area contributed by atoms with Crippen molar-refractivity contribution in [2.45, 2.75) is 25.8 Å². The van der Waals surface area contributed by atoms with Crippen LogP contribution in [0.4, 0.5) is 28.4 Å². The molecular formula is C52H42N4. The maximum Gasteiger partial charge on any atom is 0.0545 e. The highest BCUT2D eigenvalue weighted by atomic mass is 15.1. The molecule has 0 saturated heterocycles. The van der Waals surface area contributed by atoms with E-state index in [9.17, 15) is 0 Å². The number of hydrogen-bond acceptors (Lipinski definition) is 3. The van der Waals surface area contributed by atoms with E-state index in [0.29, 0.717) is 6.54 Å². The summed E-state index contributed by atoms with van der Waals surface area (Å²) in [5, 5.41) is 6.01. The fourth-order valence-corrected chi connectivity index (χ4v) is 8.76. The van der Waals surface area contributed by atoms with Crippen LogP contribution in [-0.4, -0.2) is 4.57 Å². The highest BCUT2D eigenvalue weighted by Crippen LogP contribution is 2.50. The van der Waals surface area contributed by atoms with Crippen LogP contribution >= 0.6 is 0 Å². The van der Waals surface area contributed by atoms with Crippen molar-refractivity contribution in [2.24, 2.45) is 5.73 Å². The molecule has 270 valence electrons. The number of nitrogens with two attached hydrogens (primary N) is 1. The Kier molecular flexibility index (Phi) is 8.09. The molecule has 0 spiro atoms. The van der Waals surface area contributed by atoms with E-state index in [1.807, 2.05) is 18.2 Å². The van der Waals surface area contributed by atoms with Gasteiger partial charge in [0.15, 0.2) is 0 Å². The minimum absolute atomic E-state index is 0.107. The standard InChI is InChI=1S/C52H42N4/c1-52(2)47-19-11-9-17-43(47)44-30-29-42(32-48(44)52)55(39-23-21-36(22-24-39)35-13-5-3-6-14-35)40-25-27-41(28-26-40)56-50-20-12-10-18-45(50)46-33-49(37(34-53)31-51(46)56)54-38-15-7-4-8-16-38/h3-33,54H,34,53H2,1-2H3. The number of nitrogens with zero attached hydrogens (tertiary/aromatic N) is 2. The Bertz CT molecular complexity index is 2870. The molecule has 0 amide bonds. The summed E-state index contributed by atoms with van der Waals surface area (Å²) in [6.07, 6.45) is 0. The van der Waals surface area contributed by atoms with Gasteiger partial charge < -0.3 is 20.5 Å². The van der Waals surface area contributed by atoms with Gasteiger partial charge in [0, 0.05) is 56.9 Å². The normalized spacial score (nSPS) is 12.8. The molecular weight excluding hydrogens is 681 g/mol. The van der Waals surface area contributed by atoms with Gasteiger partial charge in [-0.3, -0.25) is 0 Å². The van der Waals surface area contributed by atoms with Gasteiger partial charge in [-0.25, -0.2) is 0 Å². The van der Waals surface area contributed by atoms with E-state index < -0.39 is 0 Å². The summed E-state index contributed by atoms with van der Waals surface area (Å²) in [4.78, 5) is 2.39. The maximum atomic E-state index is 6.41. The first kappa shape index (κ1) is 33.7. The van der Waals surface area contributed by atoms with Crippen molar-refractivity contribution in [1.82, 2.24) is 4.57 Å². The molecule has 3 N–H and O–H groups in total. The SMILES string of the molecule is CC1(C)c2ccccc2-c2ccc(N(c3ccc(-c4ccccc4)cc3)c3ccc(-n4c5ccccc5c5cc(Nc6ccccc6)c(CN)cc54)cc3)cc21. The summed E-state index contributed by atoms with van der Waals surface area (Å²) in [5.74, 6) is 0. The zero-order valence-corrected chi connectivity index (χ0v) is 31.6. The van der Waals surface area contributed by atoms with Crippen molar-refractivity contribution < 1.29 is 0 Å². The first-order valence-electron chi connectivity index (χ1n) is 19.4. The minimum Gasteiger partial charge on any atom is -0.355 e. The Morgan fingerprint density at radius 3 is 1.88 bits per heavy atom. The number of rotatable bonds is 8. The Labute approximate surface area is 328 Å². The van der Waals surface area contributed by atoms with Crippen molar-refractivity contribution in [1.29, 1.82) is 0 Å². The second-order valence-corrected chi connectivity index (χ2v) is 15.2. The Hall–Kier alpha value is -6.88. The van der Waals surface area contributed by atoms with Gasteiger partial charge in [-0.2, -0.15) is 0 Å². The van der Waals surface area contributed by atoms with E-state index in [-0.39, 0.29) is 5.41 Å². The molecule has 0 bridgehead atoms. The summed E-state index contributed by atoms with van der Waals surface area (Å²) in [7, 11) is 0. The molecule has 0 saturated carbocycles. The predicted molar refractivity (Wildman–Crippen MR) is 236 cm³/mol. The van der Waals surface area contributed by atoms with Crippen molar-refractivity contribution in [2.75, 3.05) is 10.2 Å². The molecule has 1 aliphatic rings. The highest BCUT2D eigenvalue weighted by molar-refractivity contribution is 6.11. The number of nitrogens with one attached hydrogen (secondary N) is 1. The van der Waals surface area contributed by atoms with Gasteiger partial charge in [0.05, 0.1) is 11.0 Å². The second-order valence-electron chi connectivity index (χ2n) is 15.2. The summed E-state index contributed by atoms with van der Waals surface area (Å²) in [6.45, 7) is 5.11. The van der Waals surface area contributed by atoms with Crippen LogP contribution < -0.4 is 16.0 Å². The fraction of sp³-hybridized carbons (Fsp3) is 0.0769. The van der Waals surface area contributed by atoms with Gasteiger partial charge in [0.1, 0.15) is 0 Å². The van der Waals surface area contributed by atoms with Crippen LogP contribution in [0.15, 0.2) is 188 Å². The molecule has 0 unspecified atom stereocenters. The predicted octanol–water partition coefficient (Wildman–Crippen LogP) is 13.4. The van der Waals surface area contributed by atoms with Crippen LogP contribution in [0.5, 0.6) is 0 Å². The molecule has 1 aliphatic carbocycles. The average Bonchev–Trinajstić information content (AvgIpc) is 3.69. The van der Waals surface area contributed by atoms with Crippen LogP contribution in [0, 0.1) is 0 Å². The van der Waals surface area contributed by atoms with Crippen molar-refractivity contribution >= 4 is 50.2 Å². The van der Waals surface area contributed by atoms with Crippen molar-refractivity contribution in [3.05, 3.63) is 205 Å². The molecule has 1 aromatic heterocycles. The second kappa shape index (κ2) is 13.5. The van der Waals surface area contributed by atoms with Crippen LogP contribution in [0.1, 0.15) is 30.5 Å². The van der Waals surface area contributed by atoms with E-state index in [2.05, 4.69) is 198 Å². The van der Waals surface area contributed by atoms with Crippen LogP contribution in [0.2, 0.25) is 0 Å². The largest absolute Gasteiger partial charge is 0.355 e. The van der Waals surface area contributed by atoms with Gasteiger partial charge in [0.2, 0.25) is 0 Å². The highest BCUT2D eigenvalue weighted by Gasteiger charge is 2.35. The minimum atomic E-state index is -0.107. The molecule has 9 aromatic rings.